The van der Waals surface area contributed by atoms with Gasteiger partial charge in [0.25, 0.3) is 0 Å². The van der Waals surface area contributed by atoms with Crippen molar-refractivity contribution in [1.82, 2.24) is 24.2 Å². The smallest absolute Gasteiger partial charge is 0.228 e. The zero-order chi connectivity index (χ0) is 22.5. The fraction of sp³-hybridized carbons (Fsp3) is 0.600. The average molecular weight is 461 g/mol. The summed E-state index contributed by atoms with van der Waals surface area (Å²) in [6.07, 6.45) is 6.18. The van der Waals surface area contributed by atoms with E-state index in [1.54, 1.807) is 16.7 Å². The molecule has 1 unspecified atom stereocenters. The minimum Gasteiger partial charge on any atom is -0.378 e. The molecular formula is C20H28N8O3S. The van der Waals surface area contributed by atoms with Crippen molar-refractivity contribution in [3.05, 3.63) is 18.0 Å². The van der Waals surface area contributed by atoms with Gasteiger partial charge in [-0.05, 0) is 19.8 Å². The molecule has 0 saturated carbocycles. The number of hydrogen-bond donors (Lipinski definition) is 1. The molecule has 2 saturated heterocycles. The van der Waals surface area contributed by atoms with Gasteiger partial charge in [0.05, 0.1) is 30.7 Å². The van der Waals surface area contributed by atoms with Crippen molar-refractivity contribution < 1.29 is 13.2 Å². The number of nitrogens with zero attached hydrogens (tertiary/aromatic N) is 7. The zero-order valence-electron chi connectivity index (χ0n) is 18.4. The number of sulfonamides is 1. The molecule has 0 radical (unpaired) electrons. The first-order valence-electron chi connectivity index (χ1n) is 10.8. The Morgan fingerprint density at radius 2 is 1.81 bits per heavy atom. The third-order valence-electron chi connectivity index (χ3n) is 6.59. The van der Waals surface area contributed by atoms with Gasteiger partial charge in [0, 0.05) is 56.2 Å². The zero-order valence-corrected chi connectivity index (χ0v) is 19.2. The lowest BCUT2D eigenvalue weighted by Crippen LogP contribution is -2.48. The second-order valence-corrected chi connectivity index (χ2v) is 10.8. The molecule has 5 rings (SSSR count). The molecule has 0 spiro atoms. The lowest BCUT2D eigenvalue weighted by molar-refractivity contribution is 0.122. The highest BCUT2D eigenvalue weighted by atomic mass is 32.2. The van der Waals surface area contributed by atoms with Crippen LogP contribution in [-0.4, -0.2) is 90.4 Å². The third kappa shape index (κ3) is 3.76. The van der Waals surface area contributed by atoms with E-state index in [9.17, 15) is 8.42 Å². The summed E-state index contributed by atoms with van der Waals surface area (Å²) in [7, 11) is -3.24. The van der Waals surface area contributed by atoms with Crippen molar-refractivity contribution in [3.63, 3.8) is 0 Å². The van der Waals surface area contributed by atoms with E-state index in [0.717, 1.165) is 55.1 Å². The molecule has 2 N–H and O–H groups in total. The molecule has 1 atom stereocenters. The van der Waals surface area contributed by atoms with E-state index in [4.69, 9.17) is 20.4 Å². The summed E-state index contributed by atoms with van der Waals surface area (Å²) < 4.78 is 31.4. The van der Waals surface area contributed by atoms with Crippen LogP contribution in [0.4, 0.5) is 17.7 Å². The van der Waals surface area contributed by atoms with Gasteiger partial charge in [0.1, 0.15) is 5.82 Å². The summed E-state index contributed by atoms with van der Waals surface area (Å²) >= 11 is 0. The maximum absolute atomic E-state index is 12.1. The molecule has 0 aliphatic carbocycles. The summed E-state index contributed by atoms with van der Waals surface area (Å²) in [6, 6.07) is 0. The number of rotatable bonds is 4. The SMILES string of the molecule is CC1(N2CCc3c(-c4cnc(N)nc4)nc(N4CCOCC4)nc32)CCN(S(C)(=O)=O)C1. The van der Waals surface area contributed by atoms with E-state index >= 15 is 0 Å². The van der Waals surface area contributed by atoms with Crippen molar-refractivity contribution in [2.45, 2.75) is 25.3 Å². The molecule has 2 aromatic heterocycles. The van der Waals surface area contributed by atoms with Crippen molar-refractivity contribution >= 4 is 27.7 Å². The maximum Gasteiger partial charge on any atom is 0.228 e. The normalized spacial score (nSPS) is 24.2. The van der Waals surface area contributed by atoms with E-state index < -0.39 is 10.0 Å². The first kappa shape index (κ1) is 21.3. The average Bonchev–Trinajstić information content (AvgIpc) is 3.39. The van der Waals surface area contributed by atoms with Gasteiger partial charge >= 0.3 is 0 Å². The van der Waals surface area contributed by atoms with Crippen LogP contribution in [0.25, 0.3) is 11.3 Å². The van der Waals surface area contributed by atoms with Crippen LogP contribution < -0.4 is 15.5 Å². The summed E-state index contributed by atoms with van der Waals surface area (Å²) in [5.74, 6) is 1.73. The van der Waals surface area contributed by atoms with Gasteiger partial charge in [-0.2, -0.15) is 9.29 Å². The van der Waals surface area contributed by atoms with Gasteiger partial charge in [-0.25, -0.2) is 23.4 Å². The van der Waals surface area contributed by atoms with Gasteiger partial charge < -0.3 is 20.3 Å². The fourth-order valence-corrected chi connectivity index (χ4v) is 5.72. The van der Waals surface area contributed by atoms with Crippen LogP contribution in [0.15, 0.2) is 12.4 Å². The van der Waals surface area contributed by atoms with E-state index in [-0.39, 0.29) is 11.5 Å². The molecule has 0 bridgehead atoms. The first-order valence-corrected chi connectivity index (χ1v) is 12.6. The van der Waals surface area contributed by atoms with E-state index in [0.29, 0.717) is 32.3 Å². The number of fused-ring (bicyclic) bond motifs is 1. The number of anilines is 3. The van der Waals surface area contributed by atoms with Gasteiger partial charge in [-0.15, -0.1) is 0 Å². The molecule has 172 valence electrons. The molecule has 2 aromatic rings. The number of hydrogen-bond acceptors (Lipinski definition) is 10. The van der Waals surface area contributed by atoms with Gasteiger partial charge in [0.15, 0.2) is 0 Å². The molecule has 0 aromatic carbocycles. The van der Waals surface area contributed by atoms with Gasteiger partial charge in [-0.3, -0.25) is 0 Å². The Balaban J connectivity index is 1.58. The number of nitrogens with two attached hydrogens (primary N) is 1. The fourth-order valence-electron chi connectivity index (χ4n) is 4.78. The lowest BCUT2D eigenvalue weighted by Gasteiger charge is -2.37. The highest BCUT2D eigenvalue weighted by Crippen LogP contribution is 2.41. The van der Waals surface area contributed by atoms with Crippen molar-refractivity contribution in [2.24, 2.45) is 0 Å². The Kier molecular flexibility index (Phi) is 5.18. The summed E-state index contributed by atoms with van der Waals surface area (Å²) in [5, 5.41) is 0. The Labute approximate surface area is 187 Å². The minimum absolute atomic E-state index is 0.216. The number of morpholine rings is 1. The number of nitrogen functional groups attached to an aromatic ring is 1. The van der Waals surface area contributed by atoms with Crippen molar-refractivity contribution in [2.75, 3.05) is 67.7 Å². The predicted octanol–water partition coefficient (Wildman–Crippen LogP) is 0.139. The second-order valence-electron chi connectivity index (χ2n) is 8.85. The van der Waals surface area contributed by atoms with Crippen LogP contribution in [-0.2, 0) is 21.2 Å². The molecule has 3 aliphatic heterocycles. The van der Waals surface area contributed by atoms with Crippen molar-refractivity contribution in [3.8, 4) is 11.3 Å². The Bertz CT molecular complexity index is 1120. The molecule has 12 heteroatoms. The third-order valence-corrected chi connectivity index (χ3v) is 7.84. The van der Waals surface area contributed by atoms with E-state index in [1.807, 2.05) is 0 Å². The van der Waals surface area contributed by atoms with Crippen LogP contribution in [0.5, 0.6) is 0 Å². The topological polar surface area (TPSA) is 131 Å². The standard InChI is InChI=1S/C20H28N8O3S/c1-20(4-6-27(13-20)32(2,29)30)28-5-3-15-16(14-11-22-18(21)23-12-14)24-19(25-17(15)28)26-7-9-31-10-8-26/h11-12H,3-10,13H2,1-2H3,(H2,21,22,23). The minimum atomic E-state index is -3.24. The first-order chi connectivity index (χ1) is 15.2. The molecule has 5 heterocycles. The van der Waals surface area contributed by atoms with Crippen LogP contribution in [0.2, 0.25) is 0 Å². The van der Waals surface area contributed by atoms with E-state index in [1.165, 1.54) is 6.26 Å². The Hall–Kier alpha value is -2.57. The lowest BCUT2D eigenvalue weighted by atomic mass is 9.99. The maximum atomic E-state index is 12.1. The molecule has 32 heavy (non-hydrogen) atoms. The van der Waals surface area contributed by atoms with Crippen LogP contribution >= 0.6 is 0 Å². The molecule has 0 amide bonds. The van der Waals surface area contributed by atoms with Crippen molar-refractivity contribution in [1.29, 1.82) is 0 Å². The molecule has 11 nitrogen and oxygen atoms in total. The van der Waals surface area contributed by atoms with Gasteiger partial charge in [-0.1, -0.05) is 0 Å². The monoisotopic (exact) mass is 460 g/mol. The molecule has 2 fully saturated rings. The predicted molar refractivity (Wildman–Crippen MR) is 121 cm³/mol. The molecular weight excluding hydrogens is 432 g/mol. The van der Waals surface area contributed by atoms with E-state index in [2.05, 4.69) is 26.7 Å². The van der Waals surface area contributed by atoms with Crippen LogP contribution in [0.1, 0.15) is 18.9 Å². The largest absolute Gasteiger partial charge is 0.378 e. The molecule has 3 aliphatic rings. The van der Waals surface area contributed by atoms with Crippen LogP contribution in [0, 0.1) is 0 Å². The second kappa shape index (κ2) is 7.78. The Morgan fingerprint density at radius 1 is 1.09 bits per heavy atom. The summed E-state index contributed by atoms with van der Waals surface area (Å²) in [5.41, 5.74) is 8.00. The number of ether oxygens (including phenoxy) is 1. The Morgan fingerprint density at radius 3 is 2.47 bits per heavy atom. The summed E-state index contributed by atoms with van der Waals surface area (Å²) in [4.78, 5) is 22.6. The number of aromatic nitrogens is 4. The highest BCUT2D eigenvalue weighted by Gasteiger charge is 2.45. The van der Waals surface area contributed by atoms with Crippen LogP contribution in [0.3, 0.4) is 0 Å². The van der Waals surface area contributed by atoms with Gasteiger partial charge in [0.2, 0.25) is 21.9 Å². The highest BCUT2D eigenvalue weighted by molar-refractivity contribution is 7.88. The quantitative estimate of drug-likeness (QED) is 0.672. The summed E-state index contributed by atoms with van der Waals surface area (Å²) in [6.45, 7) is 6.54.